The van der Waals surface area contributed by atoms with Gasteiger partial charge in [0.15, 0.2) is 0 Å². The number of piperidine rings is 1. The summed E-state index contributed by atoms with van der Waals surface area (Å²) in [6, 6.07) is 9.22. The molecule has 0 spiro atoms. The van der Waals surface area contributed by atoms with Gasteiger partial charge in [0.05, 0.1) is 0 Å². The Kier molecular flexibility index (Phi) is 4.24. The molecule has 0 aliphatic carbocycles. The summed E-state index contributed by atoms with van der Waals surface area (Å²) >= 11 is 6.13. The fraction of sp³-hybridized carbons (Fsp3) is 0.312. The van der Waals surface area contributed by atoms with E-state index >= 15 is 0 Å². The molecule has 22 heavy (non-hydrogen) atoms. The van der Waals surface area contributed by atoms with Gasteiger partial charge in [-0.3, -0.25) is 9.59 Å². The highest BCUT2D eigenvalue weighted by Gasteiger charge is 2.19. The monoisotopic (exact) mass is 317 g/mol. The van der Waals surface area contributed by atoms with Crippen LogP contribution in [0.1, 0.15) is 29.8 Å². The van der Waals surface area contributed by atoms with E-state index in [4.69, 9.17) is 11.6 Å². The van der Waals surface area contributed by atoms with Gasteiger partial charge in [0.1, 0.15) is 10.8 Å². The summed E-state index contributed by atoms with van der Waals surface area (Å²) in [5, 5.41) is 7.68. The maximum atomic E-state index is 12.2. The molecule has 2 amide bonds. The molecule has 5 nitrogen and oxygen atoms in total. The largest absolute Gasteiger partial charge is 0.352 e. The minimum absolute atomic E-state index is 0.0128. The van der Waals surface area contributed by atoms with E-state index < -0.39 is 0 Å². The van der Waals surface area contributed by atoms with Crippen LogP contribution in [0.25, 0.3) is 10.8 Å². The SMILES string of the molecule is O=C1CCC[C@H](CNC(=O)c2cc3ccccc3c(Cl)n2)N1. The van der Waals surface area contributed by atoms with Crippen LogP contribution in [-0.2, 0) is 4.79 Å². The second-order valence-electron chi connectivity index (χ2n) is 5.39. The lowest BCUT2D eigenvalue weighted by Crippen LogP contribution is -2.46. The molecule has 1 saturated heterocycles. The number of nitrogens with one attached hydrogen (secondary N) is 2. The van der Waals surface area contributed by atoms with Crippen LogP contribution in [0.3, 0.4) is 0 Å². The highest BCUT2D eigenvalue weighted by atomic mass is 35.5. The number of carbonyl (C=O) groups is 2. The van der Waals surface area contributed by atoms with Crippen LogP contribution in [0.5, 0.6) is 0 Å². The van der Waals surface area contributed by atoms with E-state index in [1.54, 1.807) is 6.07 Å². The number of aromatic nitrogens is 1. The number of hydrogen-bond acceptors (Lipinski definition) is 3. The van der Waals surface area contributed by atoms with Crippen LogP contribution >= 0.6 is 11.6 Å². The molecule has 6 heteroatoms. The fourth-order valence-corrected chi connectivity index (χ4v) is 2.88. The Morgan fingerprint density at radius 1 is 1.41 bits per heavy atom. The van der Waals surface area contributed by atoms with E-state index in [1.165, 1.54) is 0 Å². The summed E-state index contributed by atoms with van der Waals surface area (Å²) in [5.74, 6) is -0.246. The van der Waals surface area contributed by atoms with Gasteiger partial charge in [0.25, 0.3) is 5.91 Å². The van der Waals surface area contributed by atoms with Crippen molar-refractivity contribution in [3.8, 4) is 0 Å². The second kappa shape index (κ2) is 6.32. The molecule has 0 radical (unpaired) electrons. The van der Waals surface area contributed by atoms with Crippen molar-refractivity contribution in [2.24, 2.45) is 0 Å². The minimum Gasteiger partial charge on any atom is -0.352 e. The van der Waals surface area contributed by atoms with Crippen LogP contribution in [0, 0.1) is 0 Å². The van der Waals surface area contributed by atoms with Gasteiger partial charge in [-0.05, 0) is 24.3 Å². The Morgan fingerprint density at radius 2 is 2.23 bits per heavy atom. The van der Waals surface area contributed by atoms with Gasteiger partial charge in [0, 0.05) is 24.4 Å². The molecule has 114 valence electrons. The quantitative estimate of drug-likeness (QED) is 0.853. The summed E-state index contributed by atoms with van der Waals surface area (Å²) in [4.78, 5) is 27.7. The van der Waals surface area contributed by atoms with E-state index in [-0.39, 0.29) is 23.6 Å². The van der Waals surface area contributed by atoms with E-state index in [2.05, 4.69) is 15.6 Å². The third-order valence-corrected chi connectivity index (χ3v) is 4.05. The van der Waals surface area contributed by atoms with Crippen molar-refractivity contribution >= 4 is 34.2 Å². The number of nitrogens with zero attached hydrogens (tertiary/aromatic N) is 1. The zero-order valence-corrected chi connectivity index (χ0v) is 12.7. The topological polar surface area (TPSA) is 71.1 Å². The molecule has 0 bridgehead atoms. The van der Waals surface area contributed by atoms with Crippen LogP contribution in [0.4, 0.5) is 0 Å². The predicted molar refractivity (Wildman–Crippen MR) is 84.9 cm³/mol. The Bertz CT molecular complexity index is 732. The third kappa shape index (κ3) is 3.20. The molecule has 0 unspecified atom stereocenters. The second-order valence-corrected chi connectivity index (χ2v) is 5.74. The third-order valence-electron chi connectivity index (χ3n) is 3.76. The maximum Gasteiger partial charge on any atom is 0.270 e. The molecule has 2 heterocycles. The smallest absolute Gasteiger partial charge is 0.270 e. The molecule has 1 aliphatic heterocycles. The highest BCUT2D eigenvalue weighted by molar-refractivity contribution is 6.34. The van der Waals surface area contributed by atoms with Crippen LogP contribution < -0.4 is 10.6 Å². The molecular weight excluding hydrogens is 302 g/mol. The standard InChI is InChI=1S/C16H16ClN3O2/c17-15-12-6-2-1-4-10(12)8-13(20-15)16(22)18-9-11-5-3-7-14(21)19-11/h1-2,4,6,8,11H,3,5,7,9H2,(H,18,22)(H,19,21)/t11-/m1/s1. The molecule has 2 aromatic rings. The fourth-order valence-electron chi connectivity index (χ4n) is 2.61. The summed E-state index contributed by atoms with van der Waals surface area (Å²) < 4.78 is 0. The van der Waals surface area contributed by atoms with Crippen molar-refractivity contribution in [1.29, 1.82) is 0 Å². The normalized spacial score (nSPS) is 18.0. The zero-order chi connectivity index (χ0) is 15.5. The summed E-state index contributed by atoms with van der Waals surface area (Å²) in [7, 11) is 0. The van der Waals surface area contributed by atoms with Gasteiger partial charge in [-0.15, -0.1) is 0 Å². The number of carbonyl (C=O) groups excluding carboxylic acids is 2. The van der Waals surface area contributed by atoms with Crippen molar-refractivity contribution in [2.45, 2.75) is 25.3 Å². The molecule has 3 rings (SSSR count). The van der Waals surface area contributed by atoms with Gasteiger partial charge < -0.3 is 10.6 Å². The molecule has 1 aliphatic rings. The van der Waals surface area contributed by atoms with E-state index in [0.29, 0.717) is 18.1 Å². The first-order valence-corrected chi connectivity index (χ1v) is 7.64. The molecule has 1 aromatic heterocycles. The number of fused-ring (bicyclic) bond motifs is 1. The lowest BCUT2D eigenvalue weighted by atomic mass is 10.0. The molecule has 2 N–H and O–H groups in total. The number of rotatable bonds is 3. The Morgan fingerprint density at radius 3 is 3.05 bits per heavy atom. The van der Waals surface area contributed by atoms with Gasteiger partial charge in [-0.2, -0.15) is 0 Å². The summed E-state index contributed by atoms with van der Waals surface area (Å²) in [6.45, 7) is 0.400. The Balaban J connectivity index is 1.71. The van der Waals surface area contributed by atoms with Crippen LogP contribution in [-0.4, -0.2) is 29.4 Å². The van der Waals surface area contributed by atoms with Gasteiger partial charge >= 0.3 is 0 Å². The first-order valence-electron chi connectivity index (χ1n) is 7.26. The first kappa shape index (κ1) is 14.8. The first-order chi connectivity index (χ1) is 10.6. The molecule has 1 atom stereocenters. The van der Waals surface area contributed by atoms with Gasteiger partial charge in [0.2, 0.25) is 5.91 Å². The van der Waals surface area contributed by atoms with Crippen molar-refractivity contribution in [3.05, 3.63) is 41.2 Å². The van der Waals surface area contributed by atoms with Crippen molar-refractivity contribution in [2.75, 3.05) is 6.54 Å². The maximum absolute atomic E-state index is 12.2. The lowest BCUT2D eigenvalue weighted by molar-refractivity contribution is -0.123. The van der Waals surface area contributed by atoms with Crippen molar-refractivity contribution in [3.63, 3.8) is 0 Å². The van der Waals surface area contributed by atoms with Crippen LogP contribution in [0.15, 0.2) is 30.3 Å². The summed E-state index contributed by atoms with van der Waals surface area (Å²) in [5.41, 5.74) is 0.283. The zero-order valence-electron chi connectivity index (χ0n) is 11.9. The van der Waals surface area contributed by atoms with E-state index in [0.717, 1.165) is 23.6 Å². The van der Waals surface area contributed by atoms with E-state index in [9.17, 15) is 9.59 Å². The van der Waals surface area contributed by atoms with Gasteiger partial charge in [-0.1, -0.05) is 35.9 Å². The molecular formula is C16H16ClN3O2. The number of hydrogen-bond donors (Lipinski definition) is 2. The Labute approximate surface area is 133 Å². The minimum atomic E-state index is -0.285. The highest BCUT2D eigenvalue weighted by Crippen LogP contribution is 2.22. The number of benzene rings is 1. The average Bonchev–Trinajstić information content (AvgIpc) is 2.52. The van der Waals surface area contributed by atoms with E-state index in [1.807, 2.05) is 24.3 Å². The number of halogens is 1. The Hall–Kier alpha value is -2.14. The number of pyridine rings is 1. The number of amides is 2. The molecule has 0 saturated carbocycles. The predicted octanol–water partition coefficient (Wildman–Crippen LogP) is 2.29. The lowest BCUT2D eigenvalue weighted by Gasteiger charge is -2.23. The molecule has 1 fully saturated rings. The summed E-state index contributed by atoms with van der Waals surface area (Å²) in [6.07, 6.45) is 2.29. The average molecular weight is 318 g/mol. The van der Waals surface area contributed by atoms with Gasteiger partial charge in [-0.25, -0.2) is 4.98 Å². The van der Waals surface area contributed by atoms with Crippen LogP contribution in [0.2, 0.25) is 5.15 Å². The molecule has 1 aromatic carbocycles. The van der Waals surface area contributed by atoms with Crippen molar-refractivity contribution < 1.29 is 9.59 Å². The van der Waals surface area contributed by atoms with Crippen molar-refractivity contribution in [1.82, 2.24) is 15.6 Å².